The lowest BCUT2D eigenvalue weighted by Crippen LogP contribution is -2.38. The zero-order chi connectivity index (χ0) is 24.3. The van der Waals surface area contributed by atoms with Crippen molar-refractivity contribution >= 4 is 43.5 Å². The van der Waals surface area contributed by atoms with Crippen LogP contribution >= 0.6 is 0 Å². The number of esters is 1. The third kappa shape index (κ3) is 5.48. The van der Waals surface area contributed by atoms with Gasteiger partial charge in [0.25, 0.3) is 15.9 Å². The van der Waals surface area contributed by atoms with Crippen molar-refractivity contribution in [1.29, 1.82) is 0 Å². The third-order valence-electron chi connectivity index (χ3n) is 5.67. The van der Waals surface area contributed by atoms with Crippen LogP contribution in [-0.2, 0) is 40.6 Å². The van der Waals surface area contributed by atoms with E-state index in [1.54, 1.807) is 18.2 Å². The molecule has 0 aliphatic carbocycles. The molecule has 1 atom stereocenters. The van der Waals surface area contributed by atoms with Crippen LogP contribution in [0, 0.1) is 0 Å². The number of rotatable bonds is 7. The Kier molecular flexibility index (Phi) is 6.76. The quantitative estimate of drug-likeness (QED) is 0.445. The SMILES string of the molecule is O=C(COC(=O)/C=C/c1ccc(S(=O)(=O)N2CCc3ccccc32)cc1)NC1CCS(=O)(=O)C1. The van der Waals surface area contributed by atoms with Crippen LogP contribution in [0.25, 0.3) is 6.08 Å². The van der Waals surface area contributed by atoms with E-state index in [9.17, 15) is 26.4 Å². The molecule has 9 nitrogen and oxygen atoms in total. The van der Waals surface area contributed by atoms with Gasteiger partial charge in [0.05, 0.1) is 22.1 Å². The lowest BCUT2D eigenvalue weighted by Gasteiger charge is -2.19. The van der Waals surface area contributed by atoms with E-state index < -0.39 is 44.4 Å². The van der Waals surface area contributed by atoms with Crippen molar-refractivity contribution < 1.29 is 31.2 Å². The van der Waals surface area contributed by atoms with Crippen molar-refractivity contribution in [2.75, 3.05) is 29.0 Å². The minimum atomic E-state index is -3.70. The van der Waals surface area contributed by atoms with Gasteiger partial charge in [0, 0.05) is 18.7 Å². The van der Waals surface area contributed by atoms with Gasteiger partial charge in [-0.25, -0.2) is 21.6 Å². The van der Waals surface area contributed by atoms with Crippen LogP contribution in [0.5, 0.6) is 0 Å². The Morgan fingerprint density at radius 1 is 1.12 bits per heavy atom. The molecule has 0 aromatic heterocycles. The summed E-state index contributed by atoms with van der Waals surface area (Å²) in [6.07, 6.45) is 3.59. The number of anilines is 1. The van der Waals surface area contributed by atoms with Crippen LogP contribution in [0.15, 0.2) is 59.5 Å². The van der Waals surface area contributed by atoms with Gasteiger partial charge in [-0.1, -0.05) is 30.3 Å². The standard InChI is InChI=1S/C23H24N2O7S2/c26-22(24-19-12-14-33(28,29)16-19)15-32-23(27)10-7-17-5-8-20(9-6-17)34(30,31)25-13-11-18-3-1-2-4-21(18)25/h1-10,19H,11-16H2,(H,24,26)/b10-7+. The summed E-state index contributed by atoms with van der Waals surface area (Å²) in [7, 11) is -6.82. The number of hydrogen-bond acceptors (Lipinski definition) is 7. The van der Waals surface area contributed by atoms with Gasteiger partial charge in [-0.15, -0.1) is 0 Å². The van der Waals surface area contributed by atoms with E-state index in [4.69, 9.17) is 4.74 Å². The maximum Gasteiger partial charge on any atom is 0.331 e. The van der Waals surface area contributed by atoms with Crippen LogP contribution in [-0.4, -0.2) is 59.4 Å². The van der Waals surface area contributed by atoms with E-state index >= 15 is 0 Å². The number of carbonyl (C=O) groups is 2. The maximum absolute atomic E-state index is 13.0. The monoisotopic (exact) mass is 504 g/mol. The molecule has 11 heteroatoms. The predicted octanol–water partition coefficient (Wildman–Crippen LogP) is 1.30. The largest absolute Gasteiger partial charge is 0.452 e. The molecule has 180 valence electrons. The minimum Gasteiger partial charge on any atom is -0.452 e. The molecule has 0 radical (unpaired) electrons. The Labute approximate surface area is 198 Å². The van der Waals surface area contributed by atoms with Crippen LogP contribution < -0.4 is 9.62 Å². The van der Waals surface area contributed by atoms with Crippen molar-refractivity contribution in [2.45, 2.75) is 23.8 Å². The first-order chi connectivity index (χ1) is 16.1. The van der Waals surface area contributed by atoms with E-state index in [1.165, 1.54) is 22.5 Å². The summed E-state index contributed by atoms with van der Waals surface area (Å²) in [4.78, 5) is 23.9. The number of nitrogens with one attached hydrogen (secondary N) is 1. The van der Waals surface area contributed by atoms with E-state index in [-0.39, 0.29) is 16.4 Å². The molecule has 1 saturated heterocycles. The van der Waals surface area contributed by atoms with Crippen LogP contribution in [0.2, 0.25) is 0 Å². The maximum atomic E-state index is 13.0. The molecule has 1 unspecified atom stereocenters. The second kappa shape index (κ2) is 9.59. The number of hydrogen-bond donors (Lipinski definition) is 1. The molecule has 2 aliphatic rings. The van der Waals surface area contributed by atoms with Crippen LogP contribution in [0.3, 0.4) is 0 Å². The number of para-hydroxylation sites is 1. The van der Waals surface area contributed by atoms with Gasteiger partial charge in [0.1, 0.15) is 0 Å². The van der Waals surface area contributed by atoms with Crippen molar-refractivity contribution in [3.63, 3.8) is 0 Å². The molecule has 1 N–H and O–H groups in total. The molecule has 2 aromatic carbocycles. The van der Waals surface area contributed by atoms with Gasteiger partial charge in [0.15, 0.2) is 16.4 Å². The van der Waals surface area contributed by atoms with Gasteiger partial charge in [-0.05, 0) is 48.2 Å². The lowest BCUT2D eigenvalue weighted by atomic mass is 10.2. The summed E-state index contributed by atoms with van der Waals surface area (Å²) in [6.45, 7) is -0.131. The molecular formula is C23H24N2O7S2. The fraction of sp³-hybridized carbons (Fsp3) is 0.304. The Hall–Kier alpha value is -3.18. The molecule has 2 aromatic rings. The Bertz CT molecular complexity index is 1330. The Balaban J connectivity index is 1.30. The number of amides is 1. The predicted molar refractivity (Wildman–Crippen MR) is 126 cm³/mol. The summed E-state index contributed by atoms with van der Waals surface area (Å²) in [6, 6.07) is 13.0. The molecule has 4 rings (SSSR count). The van der Waals surface area contributed by atoms with Crippen LogP contribution in [0.1, 0.15) is 17.5 Å². The van der Waals surface area contributed by atoms with Gasteiger partial charge < -0.3 is 10.1 Å². The zero-order valence-electron chi connectivity index (χ0n) is 18.2. The second-order valence-corrected chi connectivity index (χ2v) is 12.2. The smallest absolute Gasteiger partial charge is 0.331 e. The summed E-state index contributed by atoms with van der Waals surface area (Å²) >= 11 is 0. The number of fused-ring (bicyclic) bond motifs is 1. The topological polar surface area (TPSA) is 127 Å². The van der Waals surface area contributed by atoms with Gasteiger partial charge in [-0.3, -0.25) is 9.10 Å². The highest BCUT2D eigenvalue weighted by Crippen LogP contribution is 2.32. The zero-order valence-corrected chi connectivity index (χ0v) is 19.8. The summed E-state index contributed by atoms with van der Waals surface area (Å²) in [5, 5.41) is 2.53. The van der Waals surface area contributed by atoms with Crippen molar-refractivity contribution in [3.8, 4) is 0 Å². The molecule has 1 fully saturated rings. The first-order valence-electron chi connectivity index (χ1n) is 10.7. The number of carbonyl (C=O) groups excluding carboxylic acids is 2. The first-order valence-corrected chi connectivity index (χ1v) is 14.0. The van der Waals surface area contributed by atoms with E-state index in [2.05, 4.69) is 5.32 Å². The Morgan fingerprint density at radius 3 is 2.56 bits per heavy atom. The fourth-order valence-electron chi connectivity index (χ4n) is 3.96. The minimum absolute atomic E-state index is 0.0336. The average Bonchev–Trinajstić information content (AvgIpc) is 3.39. The van der Waals surface area contributed by atoms with E-state index in [1.807, 2.05) is 18.2 Å². The number of sulfone groups is 1. The van der Waals surface area contributed by atoms with Gasteiger partial charge in [0.2, 0.25) is 0 Å². The highest BCUT2D eigenvalue weighted by atomic mass is 32.2. The summed E-state index contributed by atoms with van der Waals surface area (Å²) in [5.41, 5.74) is 2.26. The van der Waals surface area contributed by atoms with Gasteiger partial charge in [-0.2, -0.15) is 0 Å². The first kappa shape index (κ1) is 24.0. The van der Waals surface area contributed by atoms with E-state index in [0.717, 1.165) is 11.6 Å². The number of nitrogens with zero attached hydrogens (tertiary/aromatic N) is 1. The lowest BCUT2D eigenvalue weighted by molar-refractivity contribution is -0.143. The van der Waals surface area contributed by atoms with Crippen molar-refractivity contribution in [1.82, 2.24) is 5.32 Å². The summed E-state index contributed by atoms with van der Waals surface area (Å²) < 4.78 is 55.2. The molecule has 2 heterocycles. The number of sulfonamides is 1. The number of benzene rings is 2. The average molecular weight is 505 g/mol. The summed E-state index contributed by atoms with van der Waals surface area (Å²) in [5.74, 6) is -1.39. The normalized spacial score (nSPS) is 19.2. The molecule has 1 amide bonds. The molecule has 0 bridgehead atoms. The molecule has 2 aliphatic heterocycles. The third-order valence-corrected chi connectivity index (χ3v) is 9.26. The Morgan fingerprint density at radius 2 is 1.85 bits per heavy atom. The highest BCUT2D eigenvalue weighted by Gasteiger charge is 2.30. The highest BCUT2D eigenvalue weighted by molar-refractivity contribution is 7.93. The fourth-order valence-corrected chi connectivity index (χ4v) is 7.14. The second-order valence-electron chi connectivity index (χ2n) is 8.13. The molecule has 34 heavy (non-hydrogen) atoms. The number of ether oxygens (including phenoxy) is 1. The molecule has 0 saturated carbocycles. The molecular weight excluding hydrogens is 480 g/mol. The van der Waals surface area contributed by atoms with Gasteiger partial charge >= 0.3 is 5.97 Å². The van der Waals surface area contributed by atoms with Crippen molar-refractivity contribution in [3.05, 3.63) is 65.7 Å². The molecule has 0 spiro atoms. The van der Waals surface area contributed by atoms with E-state index in [0.29, 0.717) is 30.6 Å². The van der Waals surface area contributed by atoms with Crippen LogP contribution in [0.4, 0.5) is 5.69 Å². The van der Waals surface area contributed by atoms with Crippen molar-refractivity contribution in [2.24, 2.45) is 0 Å².